The molecular weight excluding hydrogens is 436 g/mol. The predicted octanol–water partition coefficient (Wildman–Crippen LogP) is 5.29. The molecule has 3 aromatic carbocycles. The summed E-state index contributed by atoms with van der Waals surface area (Å²) in [6.07, 6.45) is 1.65. The van der Waals surface area contributed by atoms with Crippen LogP contribution in [-0.4, -0.2) is 18.9 Å². The van der Waals surface area contributed by atoms with Gasteiger partial charge in [-0.3, -0.25) is 4.79 Å². The van der Waals surface area contributed by atoms with Gasteiger partial charge in [0.1, 0.15) is 17.2 Å². The molecule has 4 rings (SSSR count). The van der Waals surface area contributed by atoms with E-state index in [4.69, 9.17) is 14.2 Å². The number of halogens is 1. The van der Waals surface area contributed by atoms with Crippen LogP contribution in [-0.2, 0) is 0 Å². The molecule has 0 spiro atoms. The lowest BCUT2D eigenvalue weighted by Gasteiger charge is -2.05. The van der Waals surface area contributed by atoms with Gasteiger partial charge in [0.05, 0.1) is 18.2 Å². The van der Waals surface area contributed by atoms with E-state index in [1.807, 2.05) is 0 Å². The van der Waals surface area contributed by atoms with E-state index < -0.39 is 5.97 Å². The molecule has 0 aromatic heterocycles. The lowest BCUT2D eigenvalue weighted by molar-refractivity contribution is 0.0734. The van der Waals surface area contributed by atoms with Crippen LogP contribution in [0.5, 0.6) is 17.2 Å². The second-order valence-corrected chi connectivity index (χ2v) is 7.18. The van der Waals surface area contributed by atoms with Gasteiger partial charge in [0.25, 0.3) is 0 Å². The van der Waals surface area contributed by atoms with Crippen LogP contribution in [0.3, 0.4) is 0 Å². The number of benzene rings is 3. The van der Waals surface area contributed by atoms with Crippen molar-refractivity contribution in [3.05, 3.63) is 93.7 Å². The van der Waals surface area contributed by atoms with Crippen molar-refractivity contribution in [3.8, 4) is 17.2 Å². The molecule has 29 heavy (non-hydrogen) atoms. The van der Waals surface area contributed by atoms with Crippen molar-refractivity contribution in [1.82, 2.24) is 0 Å². The van der Waals surface area contributed by atoms with E-state index in [2.05, 4.69) is 15.9 Å². The Kier molecular flexibility index (Phi) is 5.18. The Bertz CT molecular complexity index is 1120. The molecule has 1 aliphatic heterocycles. The Morgan fingerprint density at radius 3 is 2.34 bits per heavy atom. The average Bonchev–Trinajstić information content (AvgIpc) is 3.04. The fourth-order valence-electron chi connectivity index (χ4n) is 2.83. The Morgan fingerprint density at radius 1 is 0.966 bits per heavy atom. The van der Waals surface area contributed by atoms with E-state index >= 15 is 0 Å². The molecule has 3 aromatic rings. The van der Waals surface area contributed by atoms with Crippen molar-refractivity contribution in [3.63, 3.8) is 0 Å². The summed E-state index contributed by atoms with van der Waals surface area (Å²) in [5.41, 5.74) is 1.70. The Labute approximate surface area is 175 Å². The number of rotatable bonds is 4. The summed E-state index contributed by atoms with van der Waals surface area (Å²) in [6.45, 7) is 0. The van der Waals surface area contributed by atoms with Crippen LogP contribution in [0.4, 0.5) is 0 Å². The van der Waals surface area contributed by atoms with E-state index in [1.165, 1.54) is 0 Å². The quantitative estimate of drug-likeness (QED) is 0.306. The largest absolute Gasteiger partial charge is 0.497 e. The van der Waals surface area contributed by atoms with Crippen LogP contribution in [0, 0.1) is 0 Å². The highest BCUT2D eigenvalue weighted by atomic mass is 79.9. The third kappa shape index (κ3) is 4.07. The fraction of sp³-hybridized carbons (Fsp3) is 0.0435. The van der Waals surface area contributed by atoms with Crippen molar-refractivity contribution in [1.29, 1.82) is 0 Å². The number of ketones is 1. The van der Waals surface area contributed by atoms with Crippen molar-refractivity contribution in [2.24, 2.45) is 0 Å². The van der Waals surface area contributed by atoms with Gasteiger partial charge < -0.3 is 14.2 Å². The zero-order valence-electron chi connectivity index (χ0n) is 15.3. The lowest BCUT2D eigenvalue weighted by atomic mass is 10.1. The first kappa shape index (κ1) is 19.0. The normalized spacial score (nSPS) is 13.7. The van der Waals surface area contributed by atoms with Gasteiger partial charge in [0.2, 0.25) is 5.78 Å². The maximum Gasteiger partial charge on any atom is 0.343 e. The predicted molar refractivity (Wildman–Crippen MR) is 111 cm³/mol. The van der Waals surface area contributed by atoms with Gasteiger partial charge >= 0.3 is 5.97 Å². The molecule has 0 atom stereocenters. The number of carbonyl (C=O) groups excluding carboxylic acids is 2. The van der Waals surface area contributed by atoms with Gasteiger partial charge in [-0.1, -0.05) is 28.1 Å². The van der Waals surface area contributed by atoms with Crippen LogP contribution in [0.2, 0.25) is 0 Å². The maximum atomic E-state index is 12.5. The standard InChI is InChI=1S/C23H15BrO5/c1-27-18-10-11-19-20(13-18)29-21(22(19)25)12-14-2-8-17(9-3-14)28-23(26)15-4-6-16(24)7-5-15/h2-13H,1H3/b21-12-. The first-order valence-electron chi connectivity index (χ1n) is 8.73. The van der Waals surface area contributed by atoms with E-state index in [9.17, 15) is 9.59 Å². The average molecular weight is 451 g/mol. The molecular formula is C23H15BrO5. The second-order valence-electron chi connectivity index (χ2n) is 6.27. The third-order valence-corrected chi connectivity index (χ3v) is 4.87. The van der Waals surface area contributed by atoms with Crippen LogP contribution < -0.4 is 14.2 Å². The summed E-state index contributed by atoms with van der Waals surface area (Å²) in [6, 6.07) is 18.8. The highest BCUT2D eigenvalue weighted by Gasteiger charge is 2.27. The maximum absolute atomic E-state index is 12.5. The molecule has 1 heterocycles. The Balaban J connectivity index is 1.47. The van der Waals surface area contributed by atoms with E-state index in [0.717, 1.165) is 10.0 Å². The first-order valence-corrected chi connectivity index (χ1v) is 9.53. The van der Waals surface area contributed by atoms with E-state index in [0.29, 0.717) is 28.4 Å². The molecule has 0 fully saturated rings. The van der Waals surface area contributed by atoms with Crippen LogP contribution >= 0.6 is 15.9 Å². The summed E-state index contributed by atoms with van der Waals surface area (Å²) in [5, 5.41) is 0. The van der Waals surface area contributed by atoms with Gasteiger partial charge in [-0.15, -0.1) is 0 Å². The molecule has 0 N–H and O–H groups in total. The van der Waals surface area contributed by atoms with Gasteiger partial charge in [-0.05, 0) is 60.2 Å². The molecule has 0 saturated carbocycles. The second kappa shape index (κ2) is 7.93. The summed E-state index contributed by atoms with van der Waals surface area (Å²) < 4.78 is 17.1. The zero-order chi connectivity index (χ0) is 20.4. The highest BCUT2D eigenvalue weighted by molar-refractivity contribution is 9.10. The molecule has 0 unspecified atom stereocenters. The molecule has 1 aliphatic rings. The number of methoxy groups -OCH3 is 1. The Hall–Kier alpha value is -3.38. The summed E-state index contributed by atoms with van der Waals surface area (Å²) in [5.74, 6) is 1.10. The lowest BCUT2D eigenvalue weighted by Crippen LogP contribution is -2.08. The van der Waals surface area contributed by atoms with Gasteiger partial charge in [-0.25, -0.2) is 4.79 Å². The number of carbonyl (C=O) groups is 2. The number of ether oxygens (including phenoxy) is 3. The van der Waals surface area contributed by atoms with Crippen molar-refractivity contribution in [2.45, 2.75) is 0 Å². The molecule has 0 radical (unpaired) electrons. The van der Waals surface area contributed by atoms with E-state index in [1.54, 1.807) is 79.9 Å². The van der Waals surface area contributed by atoms with Crippen molar-refractivity contribution >= 4 is 33.8 Å². The number of hydrogen-bond donors (Lipinski definition) is 0. The smallest absolute Gasteiger partial charge is 0.343 e. The molecule has 6 heteroatoms. The summed E-state index contributed by atoms with van der Waals surface area (Å²) in [4.78, 5) is 24.7. The van der Waals surface area contributed by atoms with Crippen LogP contribution in [0.25, 0.3) is 6.08 Å². The minimum atomic E-state index is -0.442. The third-order valence-electron chi connectivity index (χ3n) is 4.35. The molecule has 0 amide bonds. The highest BCUT2D eigenvalue weighted by Crippen LogP contribution is 2.34. The van der Waals surface area contributed by atoms with Crippen molar-refractivity contribution in [2.75, 3.05) is 7.11 Å². The van der Waals surface area contributed by atoms with Gasteiger partial charge in [0, 0.05) is 10.5 Å². The molecule has 0 aliphatic carbocycles. The SMILES string of the molecule is COc1ccc2c(c1)O/C(=C\c1ccc(OC(=O)c3ccc(Br)cc3)cc1)C2=O. The zero-order valence-corrected chi connectivity index (χ0v) is 16.9. The van der Waals surface area contributed by atoms with Crippen molar-refractivity contribution < 1.29 is 23.8 Å². The molecule has 5 nitrogen and oxygen atoms in total. The number of fused-ring (bicyclic) bond motifs is 1. The number of hydrogen-bond acceptors (Lipinski definition) is 5. The molecule has 144 valence electrons. The number of allylic oxidation sites excluding steroid dienone is 1. The van der Waals surface area contributed by atoms with Gasteiger partial charge in [-0.2, -0.15) is 0 Å². The minimum Gasteiger partial charge on any atom is -0.497 e. The van der Waals surface area contributed by atoms with Gasteiger partial charge in [0.15, 0.2) is 5.76 Å². The molecule has 0 saturated heterocycles. The monoisotopic (exact) mass is 450 g/mol. The van der Waals surface area contributed by atoms with Crippen LogP contribution in [0.15, 0.2) is 77.0 Å². The number of Topliss-reactive ketones (excluding diaryl/α,β-unsaturated/α-hetero) is 1. The first-order chi connectivity index (χ1) is 14.0. The summed E-state index contributed by atoms with van der Waals surface area (Å²) in [7, 11) is 1.56. The molecule has 0 bridgehead atoms. The summed E-state index contributed by atoms with van der Waals surface area (Å²) >= 11 is 3.33. The minimum absolute atomic E-state index is 0.187. The topological polar surface area (TPSA) is 61.8 Å². The number of esters is 1. The van der Waals surface area contributed by atoms with Crippen LogP contribution in [0.1, 0.15) is 26.3 Å². The van der Waals surface area contributed by atoms with E-state index in [-0.39, 0.29) is 11.5 Å². The Morgan fingerprint density at radius 2 is 1.66 bits per heavy atom. The fourth-order valence-corrected chi connectivity index (χ4v) is 3.09.